The van der Waals surface area contributed by atoms with E-state index in [1.165, 1.54) is 13.2 Å². The van der Waals surface area contributed by atoms with Crippen LogP contribution in [0.25, 0.3) is 0 Å². The highest BCUT2D eigenvalue weighted by Crippen LogP contribution is 2.31. The largest absolute Gasteiger partial charge is 0.495 e. The fourth-order valence-electron chi connectivity index (χ4n) is 3.03. The molecule has 2 aromatic rings. The zero-order valence-corrected chi connectivity index (χ0v) is 19.9. The van der Waals surface area contributed by atoms with Crippen LogP contribution in [0.4, 0.5) is 5.69 Å². The van der Waals surface area contributed by atoms with Crippen LogP contribution >= 0.6 is 0 Å². The van der Waals surface area contributed by atoms with Crippen molar-refractivity contribution in [3.63, 3.8) is 0 Å². The fraction of sp³-hybridized carbons (Fsp3) is 0.435. The number of benzene rings is 2. The number of hydrogen-bond acceptors (Lipinski definition) is 6. The van der Waals surface area contributed by atoms with E-state index in [9.17, 15) is 13.2 Å². The second-order valence-electron chi connectivity index (χ2n) is 6.99. The lowest BCUT2D eigenvalue weighted by Gasteiger charge is -2.25. The Morgan fingerprint density at radius 3 is 2.41 bits per heavy atom. The minimum absolute atomic E-state index is 0.00182. The highest BCUT2D eigenvalue weighted by molar-refractivity contribution is 7.93. The van der Waals surface area contributed by atoms with Crippen molar-refractivity contribution in [3.8, 4) is 11.5 Å². The zero-order chi connectivity index (χ0) is 23.6. The molecule has 32 heavy (non-hydrogen) atoms. The molecule has 2 rings (SSSR count). The van der Waals surface area contributed by atoms with E-state index in [2.05, 4.69) is 5.32 Å². The summed E-state index contributed by atoms with van der Waals surface area (Å²) in [6.07, 6.45) is 0.640. The molecule has 0 saturated heterocycles. The van der Waals surface area contributed by atoms with Crippen LogP contribution in [0.3, 0.4) is 0 Å². The summed E-state index contributed by atoms with van der Waals surface area (Å²) < 4.78 is 44.4. The maximum absolute atomic E-state index is 13.6. The normalized spacial score (nSPS) is 11.1. The van der Waals surface area contributed by atoms with Gasteiger partial charge in [-0.25, -0.2) is 8.42 Å². The van der Waals surface area contributed by atoms with Crippen molar-refractivity contribution >= 4 is 21.6 Å². The highest BCUT2D eigenvalue weighted by atomic mass is 32.2. The first-order valence-corrected chi connectivity index (χ1v) is 12.0. The Balaban J connectivity index is 2.35. The van der Waals surface area contributed by atoms with Crippen LogP contribution in [-0.2, 0) is 19.6 Å². The SMILES string of the molecule is CCOCCCNC(=O)CN(c1ccc(OCC)cc1)S(=O)(=O)c1cc(C)ccc1OC. The molecule has 0 heterocycles. The summed E-state index contributed by atoms with van der Waals surface area (Å²) in [6.45, 7) is 7.21. The number of anilines is 1. The van der Waals surface area contributed by atoms with Gasteiger partial charge in [0.1, 0.15) is 22.9 Å². The molecule has 0 aliphatic heterocycles. The number of amides is 1. The molecule has 2 aromatic carbocycles. The van der Waals surface area contributed by atoms with Gasteiger partial charge >= 0.3 is 0 Å². The molecule has 1 N–H and O–H groups in total. The van der Waals surface area contributed by atoms with Gasteiger partial charge in [0.15, 0.2) is 0 Å². The minimum atomic E-state index is -4.10. The molecule has 0 fully saturated rings. The smallest absolute Gasteiger partial charge is 0.268 e. The second-order valence-corrected chi connectivity index (χ2v) is 8.82. The van der Waals surface area contributed by atoms with E-state index in [-0.39, 0.29) is 17.2 Å². The molecule has 0 spiro atoms. The second kappa shape index (κ2) is 12.3. The Bertz CT molecular complexity index is 976. The molecule has 8 nitrogen and oxygen atoms in total. The van der Waals surface area contributed by atoms with Crippen LogP contribution in [0, 0.1) is 6.92 Å². The van der Waals surface area contributed by atoms with Crippen LogP contribution in [0.2, 0.25) is 0 Å². The molecular formula is C23H32N2O6S. The molecule has 1 amide bonds. The van der Waals surface area contributed by atoms with E-state index < -0.39 is 15.9 Å². The molecule has 0 atom stereocenters. The molecular weight excluding hydrogens is 432 g/mol. The fourth-order valence-corrected chi connectivity index (χ4v) is 4.69. The van der Waals surface area contributed by atoms with E-state index in [1.54, 1.807) is 43.3 Å². The van der Waals surface area contributed by atoms with Crippen molar-refractivity contribution in [1.29, 1.82) is 0 Å². The number of aryl methyl sites for hydroxylation is 1. The lowest BCUT2D eigenvalue weighted by molar-refractivity contribution is -0.119. The highest BCUT2D eigenvalue weighted by Gasteiger charge is 2.30. The van der Waals surface area contributed by atoms with E-state index in [4.69, 9.17) is 14.2 Å². The van der Waals surface area contributed by atoms with Gasteiger partial charge in [0.25, 0.3) is 10.0 Å². The number of hydrogen-bond donors (Lipinski definition) is 1. The molecule has 0 aromatic heterocycles. The third kappa shape index (κ3) is 6.86. The first kappa shape index (κ1) is 25.5. The predicted octanol–water partition coefficient (Wildman–Crippen LogP) is 3.14. The number of carbonyl (C=O) groups excluding carboxylic acids is 1. The van der Waals surface area contributed by atoms with Crippen molar-refractivity contribution in [2.45, 2.75) is 32.1 Å². The topological polar surface area (TPSA) is 94.2 Å². The van der Waals surface area contributed by atoms with E-state index >= 15 is 0 Å². The van der Waals surface area contributed by atoms with Gasteiger partial charge in [0.2, 0.25) is 5.91 Å². The zero-order valence-electron chi connectivity index (χ0n) is 19.1. The van der Waals surface area contributed by atoms with Gasteiger partial charge in [-0.05, 0) is 69.2 Å². The molecule has 0 saturated carbocycles. The molecule has 0 unspecified atom stereocenters. The van der Waals surface area contributed by atoms with Gasteiger partial charge in [0.05, 0.1) is 19.4 Å². The molecule has 0 aliphatic rings. The monoisotopic (exact) mass is 464 g/mol. The van der Waals surface area contributed by atoms with Crippen LogP contribution in [0.5, 0.6) is 11.5 Å². The van der Waals surface area contributed by atoms with Gasteiger partial charge in [0, 0.05) is 19.8 Å². The Hall–Kier alpha value is -2.78. The summed E-state index contributed by atoms with van der Waals surface area (Å²) in [5.74, 6) is 0.413. The third-order valence-corrected chi connectivity index (χ3v) is 6.40. The van der Waals surface area contributed by atoms with Crippen LogP contribution < -0.4 is 19.1 Å². The van der Waals surface area contributed by atoms with Gasteiger partial charge in [-0.3, -0.25) is 9.10 Å². The molecule has 9 heteroatoms. The standard InChI is InChI=1S/C23H32N2O6S/c1-5-30-15-7-14-24-23(26)17-25(19-9-11-20(12-10-19)31-6-2)32(27,28)22-16-18(3)8-13-21(22)29-4/h8-13,16H,5-7,14-15,17H2,1-4H3,(H,24,26). The van der Waals surface area contributed by atoms with Gasteiger partial charge < -0.3 is 19.5 Å². The van der Waals surface area contributed by atoms with E-state index in [0.717, 1.165) is 9.87 Å². The summed E-state index contributed by atoms with van der Waals surface area (Å²) in [4.78, 5) is 12.6. The van der Waals surface area contributed by atoms with Gasteiger partial charge in [-0.2, -0.15) is 0 Å². The average molecular weight is 465 g/mol. The molecule has 0 radical (unpaired) electrons. The molecule has 176 valence electrons. The van der Waals surface area contributed by atoms with Gasteiger partial charge in [-0.15, -0.1) is 0 Å². The minimum Gasteiger partial charge on any atom is -0.495 e. The van der Waals surface area contributed by atoms with Crippen LogP contribution in [-0.4, -0.2) is 54.3 Å². The van der Waals surface area contributed by atoms with Crippen LogP contribution in [0.1, 0.15) is 25.8 Å². The molecule has 0 bridgehead atoms. The number of nitrogens with one attached hydrogen (secondary N) is 1. The number of nitrogens with zero attached hydrogens (tertiary/aromatic N) is 1. The lowest BCUT2D eigenvalue weighted by atomic mass is 10.2. The lowest BCUT2D eigenvalue weighted by Crippen LogP contribution is -2.41. The predicted molar refractivity (Wildman–Crippen MR) is 124 cm³/mol. The third-order valence-electron chi connectivity index (χ3n) is 4.60. The number of methoxy groups -OCH3 is 1. The maximum Gasteiger partial charge on any atom is 0.268 e. The van der Waals surface area contributed by atoms with Gasteiger partial charge in [-0.1, -0.05) is 6.07 Å². The number of sulfonamides is 1. The molecule has 0 aliphatic carbocycles. The average Bonchev–Trinajstić information content (AvgIpc) is 2.78. The van der Waals surface area contributed by atoms with Crippen molar-refractivity contribution in [3.05, 3.63) is 48.0 Å². The summed E-state index contributed by atoms with van der Waals surface area (Å²) in [7, 11) is -2.68. The quantitative estimate of drug-likeness (QED) is 0.458. The maximum atomic E-state index is 13.6. The van der Waals surface area contributed by atoms with Crippen molar-refractivity contribution in [2.75, 3.05) is 44.3 Å². The summed E-state index contributed by atoms with van der Waals surface area (Å²) in [5, 5.41) is 2.76. The Morgan fingerprint density at radius 2 is 1.78 bits per heavy atom. The number of rotatable bonds is 13. The Labute approximate surface area is 190 Å². The number of carbonyl (C=O) groups is 1. The summed E-state index contributed by atoms with van der Waals surface area (Å²) >= 11 is 0. The summed E-state index contributed by atoms with van der Waals surface area (Å²) in [5.41, 5.74) is 1.11. The Morgan fingerprint density at radius 1 is 1.06 bits per heavy atom. The first-order valence-electron chi connectivity index (χ1n) is 10.6. The van der Waals surface area contributed by atoms with Crippen molar-refractivity contribution in [2.24, 2.45) is 0 Å². The number of ether oxygens (including phenoxy) is 3. The van der Waals surface area contributed by atoms with E-state index in [0.29, 0.717) is 44.2 Å². The van der Waals surface area contributed by atoms with Crippen molar-refractivity contribution < 1.29 is 27.4 Å². The van der Waals surface area contributed by atoms with E-state index in [1.807, 2.05) is 13.8 Å². The summed E-state index contributed by atoms with van der Waals surface area (Å²) in [6, 6.07) is 11.5. The first-order chi connectivity index (χ1) is 15.3. The van der Waals surface area contributed by atoms with Crippen molar-refractivity contribution in [1.82, 2.24) is 5.32 Å². The Kier molecular flexibility index (Phi) is 9.80. The van der Waals surface area contributed by atoms with Crippen LogP contribution in [0.15, 0.2) is 47.4 Å².